The smallest absolute Gasteiger partial charge is 0.312 e. The maximum absolute atomic E-state index is 14.2. The molecular weight excluding hydrogens is 653 g/mol. The average molecular weight is 699 g/mol. The van der Waals surface area contributed by atoms with Crippen molar-refractivity contribution < 1.29 is 17.9 Å². The highest BCUT2D eigenvalue weighted by Gasteiger charge is 2.43. The first kappa shape index (κ1) is 35.0. The Hall–Kier alpha value is -3.86. The van der Waals surface area contributed by atoms with Crippen LogP contribution in [0.15, 0.2) is 71.6 Å². The summed E-state index contributed by atoms with van der Waals surface area (Å²) in [5.41, 5.74) is 6.42. The lowest BCUT2D eigenvalue weighted by molar-refractivity contribution is -0.156. The van der Waals surface area contributed by atoms with Crippen LogP contribution in [0.2, 0.25) is 0 Å². The van der Waals surface area contributed by atoms with E-state index >= 15 is 0 Å². The monoisotopic (exact) mass is 698 g/mol. The summed E-state index contributed by atoms with van der Waals surface area (Å²) in [5, 5.41) is 8.88. The highest BCUT2D eigenvalue weighted by atomic mass is 32.2. The van der Waals surface area contributed by atoms with Crippen molar-refractivity contribution in [3.05, 3.63) is 110 Å². The molecule has 0 aliphatic carbocycles. The molecule has 0 saturated carbocycles. The van der Waals surface area contributed by atoms with Crippen LogP contribution in [-0.2, 0) is 45.7 Å². The van der Waals surface area contributed by atoms with Crippen molar-refractivity contribution in [3.8, 4) is 0 Å². The minimum atomic E-state index is -3.72. The van der Waals surface area contributed by atoms with E-state index in [1.807, 2.05) is 101 Å². The molecule has 0 unspecified atom stereocenters. The van der Waals surface area contributed by atoms with E-state index in [0.29, 0.717) is 18.0 Å². The minimum Gasteiger partial charge on any atom is -0.460 e. The summed E-state index contributed by atoms with van der Waals surface area (Å²) in [6.07, 6.45) is 1.63. The molecule has 1 aliphatic rings. The highest BCUT2D eigenvalue weighted by molar-refractivity contribution is 7.89. The predicted molar refractivity (Wildman–Crippen MR) is 195 cm³/mol. The summed E-state index contributed by atoms with van der Waals surface area (Å²) in [6, 6.07) is 21.7. The van der Waals surface area contributed by atoms with Gasteiger partial charge in [-0.05, 0) is 105 Å². The van der Waals surface area contributed by atoms with Crippen LogP contribution in [0.4, 0.5) is 0 Å². The van der Waals surface area contributed by atoms with Gasteiger partial charge in [0.25, 0.3) is 0 Å². The van der Waals surface area contributed by atoms with Gasteiger partial charge in [0.1, 0.15) is 12.1 Å². The van der Waals surface area contributed by atoms with E-state index in [2.05, 4.69) is 29.4 Å². The van der Waals surface area contributed by atoms with Gasteiger partial charge in [0.15, 0.2) is 0 Å². The van der Waals surface area contributed by atoms with Crippen LogP contribution < -0.4 is 0 Å². The largest absolute Gasteiger partial charge is 0.460 e. The molecule has 0 fully saturated rings. The fourth-order valence-electron chi connectivity index (χ4n) is 7.08. The van der Waals surface area contributed by atoms with Crippen LogP contribution in [0.25, 0.3) is 11.0 Å². The number of hydrogen-bond donors (Lipinski definition) is 0. The average Bonchev–Trinajstić information content (AvgIpc) is 3.65. The van der Waals surface area contributed by atoms with Gasteiger partial charge < -0.3 is 4.74 Å². The number of carbonyl (C=O) groups is 1. The van der Waals surface area contributed by atoms with Gasteiger partial charge in [-0.3, -0.25) is 4.79 Å². The number of rotatable bonds is 10. The second-order valence-electron chi connectivity index (χ2n) is 13.9. The van der Waals surface area contributed by atoms with Gasteiger partial charge in [-0.25, -0.2) is 13.1 Å². The summed E-state index contributed by atoms with van der Waals surface area (Å²) in [7, 11) is -3.72. The maximum Gasteiger partial charge on any atom is 0.312 e. The Balaban J connectivity index is 1.41. The first-order valence-electron chi connectivity index (χ1n) is 17.1. The second kappa shape index (κ2) is 13.8. The predicted octanol–water partition coefficient (Wildman–Crippen LogP) is 8.11. The van der Waals surface area contributed by atoms with Crippen LogP contribution in [0.3, 0.4) is 0 Å². The van der Waals surface area contributed by atoms with Crippen LogP contribution in [0.1, 0.15) is 83.2 Å². The number of sulfonamides is 1. The van der Waals surface area contributed by atoms with Gasteiger partial charge in [-0.15, -0.1) is 16.4 Å². The molecule has 0 saturated heterocycles. The van der Waals surface area contributed by atoms with Crippen molar-refractivity contribution in [3.63, 3.8) is 0 Å². The summed E-state index contributed by atoms with van der Waals surface area (Å²) in [4.78, 5) is 16.5. The standard InChI is InChI=1S/C39H46N4O4S2/c1-8-28-20-30-16-15-25(3)19-35(30)49(45,46)42(22-28)23-31-21-34(48-27(31)5)36(32-17-18-33-37(26(32)4)40-41-43(33)9-2)39(6,7)38(44)47-24-29-13-11-10-12-14-29/h10-19,21,28,36H,8-9,20,22-24H2,1-7H3/t28-,36+/m0/s1. The molecule has 10 heteroatoms. The Kier molecular flexibility index (Phi) is 9.86. The van der Waals surface area contributed by atoms with E-state index in [1.165, 1.54) is 0 Å². The fourth-order valence-corrected chi connectivity index (χ4v) is 10.2. The SMILES string of the molecule is CC[C@H]1Cc2ccc(C)cc2S(=O)(=O)N(Cc2cc([C@@H](c3ccc4c(nnn4CC)c3C)C(C)(C)C(=O)OCc3ccccc3)sc2C)C1. The summed E-state index contributed by atoms with van der Waals surface area (Å²) in [6.45, 7) is 15.7. The van der Waals surface area contributed by atoms with Crippen LogP contribution in [0.5, 0.6) is 0 Å². The minimum absolute atomic E-state index is 0.180. The number of hydrogen-bond acceptors (Lipinski definition) is 7. The van der Waals surface area contributed by atoms with Crippen LogP contribution >= 0.6 is 11.3 Å². The normalized spacial score (nSPS) is 17.1. The molecule has 0 radical (unpaired) electrons. The molecular formula is C39H46N4O4S2. The molecule has 8 nitrogen and oxygen atoms in total. The Morgan fingerprint density at radius 2 is 1.80 bits per heavy atom. The van der Waals surface area contributed by atoms with Gasteiger partial charge in [0, 0.05) is 35.3 Å². The Morgan fingerprint density at radius 3 is 2.51 bits per heavy atom. The van der Waals surface area contributed by atoms with Gasteiger partial charge >= 0.3 is 5.97 Å². The molecule has 0 spiro atoms. The summed E-state index contributed by atoms with van der Waals surface area (Å²) >= 11 is 1.62. The number of fused-ring (bicyclic) bond motifs is 2. The number of esters is 1. The van der Waals surface area contributed by atoms with E-state index in [4.69, 9.17) is 4.74 Å². The summed E-state index contributed by atoms with van der Waals surface area (Å²) in [5.74, 6) is -0.468. The van der Waals surface area contributed by atoms with Gasteiger partial charge in [0.2, 0.25) is 10.0 Å². The van der Waals surface area contributed by atoms with E-state index in [1.54, 1.807) is 15.6 Å². The molecule has 49 heavy (non-hydrogen) atoms. The lowest BCUT2D eigenvalue weighted by atomic mass is 9.72. The molecule has 2 aromatic heterocycles. The first-order valence-corrected chi connectivity index (χ1v) is 19.3. The molecule has 3 aromatic carbocycles. The number of carbonyl (C=O) groups excluding carboxylic acids is 1. The molecule has 0 amide bonds. The third-order valence-electron chi connectivity index (χ3n) is 10.1. The Bertz CT molecular complexity index is 2100. The second-order valence-corrected chi connectivity index (χ2v) is 17.1. The van der Waals surface area contributed by atoms with Crippen molar-refractivity contribution in [2.24, 2.45) is 11.3 Å². The van der Waals surface area contributed by atoms with Crippen LogP contribution in [0, 0.1) is 32.1 Å². The molecule has 1 aliphatic heterocycles. The zero-order valence-electron chi connectivity index (χ0n) is 29.5. The third kappa shape index (κ3) is 6.70. The topological polar surface area (TPSA) is 94.4 Å². The van der Waals surface area contributed by atoms with Gasteiger partial charge in [-0.1, -0.05) is 67.1 Å². The maximum atomic E-state index is 14.2. The molecule has 3 heterocycles. The van der Waals surface area contributed by atoms with Crippen molar-refractivity contribution in [2.45, 2.75) is 91.8 Å². The Labute approximate surface area is 294 Å². The van der Waals surface area contributed by atoms with Crippen molar-refractivity contribution in [1.29, 1.82) is 0 Å². The van der Waals surface area contributed by atoms with Crippen molar-refractivity contribution >= 4 is 38.4 Å². The molecule has 0 bridgehead atoms. The van der Waals surface area contributed by atoms with E-state index in [-0.39, 0.29) is 31.0 Å². The van der Waals surface area contributed by atoms with E-state index in [0.717, 1.165) is 67.0 Å². The third-order valence-corrected chi connectivity index (χ3v) is 13.2. The molecule has 6 rings (SSSR count). The number of ether oxygens (including phenoxy) is 1. The number of aromatic nitrogens is 3. The van der Waals surface area contributed by atoms with Crippen molar-refractivity contribution in [1.82, 2.24) is 19.3 Å². The molecule has 0 N–H and O–H groups in total. The zero-order valence-corrected chi connectivity index (χ0v) is 31.1. The van der Waals surface area contributed by atoms with E-state index < -0.39 is 15.4 Å². The lowest BCUT2D eigenvalue weighted by Crippen LogP contribution is -2.34. The van der Waals surface area contributed by atoms with E-state index in [9.17, 15) is 13.2 Å². The summed E-state index contributed by atoms with van der Waals surface area (Å²) < 4.78 is 37.9. The van der Waals surface area contributed by atoms with Crippen molar-refractivity contribution in [2.75, 3.05) is 6.54 Å². The molecule has 5 aromatic rings. The Morgan fingerprint density at radius 1 is 1.04 bits per heavy atom. The number of aryl methyl sites for hydroxylation is 4. The number of benzene rings is 3. The van der Waals surface area contributed by atoms with Gasteiger partial charge in [0.05, 0.1) is 15.8 Å². The first-order chi connectivity index (χ1) is 23.3. The molecule has 258 valence electrons. The van der Waals surface area contributed by atoms with Crippen LogP contribution in [-0.4, -0.2) is 40.2 Å². The quantitative estimate of drug-likeness (QED) is 0.137. The lowest BCUT2D eigenvalue weighted by Gasteiger charge is -2.33. The van der Waals surface area contributed by atoms with Gasteiger partial charge in [-0.2, -0.15) is 4.31 Å². The number of nitrogens with zero attached hydrogens (tertiary/aromatic N) is 4. The zero-order chi connectivity index (χ0) is 35.1. The number of thiophene rings is 1. The molecule has 2 atom stereocenters. The highest BCUT2D eigenvalue weighted by Crippen LogP contribution is 2.47. The fraction of sp³-hybridized carbons (Fsp3) is 0.410.